The monoisotopic (exact) mass is 275 g/mol. The molecule has 4 nitrogen and oxygen atoms in total. The Kier molecular flexibility index (Phi) is 4.12. The van der Waals surface area contributed by atoms with Crippen LogP contribution in [-0.2, 0) is 0 Å². The van der Waals surface area contributed by atoms with Gasteiger partial charge in [-0.25, -0.2) is 5.01 Å². The van der Waals surface area contributed by atoms with Gasteiger partial charge < -0.3 is 0 Å². The molecule has 0 N–H and O–H groups in total. The summed E-state index contributed by atoms with van der Waals surface area (Å²) in [6, 6.07) is 12.4. The van der Waals surface area contributed by atoms with E-state index in [1.165, 1.54) is 5.01 Å². The summed E-state index contributed by atoms with van der Waals surface area (Å²) in [5, 5.41) is 5.10. The predicted molar refractivity (Wildman–Crippen MR) is 77.1 cm³/mol. The minimum atomic E-state index is -0.237. The van der Waals surface area contributed by atoms with E-state index < -0.39 is 0 Å². The number of hydrogen-bond acceptors (Lipinski definition) is 3. The molecule has 0 spiro atoms. The van der Waals surface area contributed by atoms with Crippen molar-refractivity contribution in [2.45, 2.75) is 19.9 Å². The molecule has 0 amide bonds. The van der Waals surface area contributed by atoms with Gasteiger partial charge in [-0.1, -0.05) is 17.7 Å². The second kappa shape index (κ2) is 5.80. The van der Waals surface area contributed by atoms with Gasteiger partial charge in [0.05, 0.1) is 22.7 Å². The Bertz CT molecular complexity index is 571. The molecular weight excluding hydrogens is 262 g/mol. The maximum Gasteiger partial charge on any atom is 0.0950 e. The average Bonchev–Trinajstić information content (AvgIpc) is 2.41. The lowest BCUT2D eigenvalue weighted by Crippen LogP contribution is -2.21. The van der Waals surface area contributed by atoms with E-state index in [2.05, 4.69) is 10.3 Å². The molecule has 5 heteroatoms. The first kappa shape index (κ1) is 13.5. The Balaban J connectivity index is 2.31. The highest BCUT2D eigenvalue weighted by Crippen LogP contribution is 2.27. The second-order valence-electron chi connectivity index (χ2n) is 4.28. The van der Waals surface area contributed by atoms with Crippen molar-refractivity contribution in [1.82, 2.24) is 4.98 Å². The molecular formula is C14H14ClN3O. The summed E-state index contributed by atoms with van der Waals surface area (Å²) in [7, 11) is 0. The summed E-state index contributed by atoms with van der Waals surface area (Å²) in [5.41, 5.74) is 2.40. The first-order valence-electron chi connectivity index (χ1n) is 5.93. The maximum absolute atomic E-state index is 11.1. The van der Waals surface area contributed by atoms with E-state index in [9.17, 15) is 4.91 Å². The number of benzene rings is 1. The maximum atomic E-state index is 11.1. The Morgan fingerprint density at radius 3 is 2.47 bits per heavy atom. The van der Waals surface area contributed by atoms with Crippen LogP contribution in [0.5, 0.6) is 0 Å². The van der Waals surface area contributed by atoms with E-state index in [0.717, 1.165) is 11.4 Å². The molecule has 0 aliphatic rings. The van der Waals surface area contributed by atoms with Crippen molar-refractivity contribution in [2.24, 2.45) is 5.29 Å². The molecule has 0 saturated heterocycles. The average molecular weight is 276 g/mol. The molecule has 2 rings (SSSR count). The molecule has 2 aromatic rings. The van der Waals surface area contributed by atoms with Crippen LogP contribution in [-0.4, -0.2) is 4.98 Å². The van der Waals surface area contributed by atoms with E-state index in [0.29, 0.717) is 10.7 Å². The first-order chi connectivity index (χ1) is 9.11. The Morgan fingerprint density at radius 2 is 1.89 bits per heavy atom. The van der Waals surface area contributed by atoms with Crippen molar-refractivity contribution < 1.29 is 0 Å². The van der Waals surface area contributed by atoms with E-state index in [-0.39, 0.29) is 6.04 Å². The van der Waals surface area contributed by atoms with Crippen molar-refractivity contribution >= 4 is 17.3 Å². The lowest BCUT2D eigenvalue weighted by Gasteiger charge is -2.22. The Hall–Kier alpha value is -1.94. The summed E-state index contributed by atoms with van der Waals surface area (Å²) in [6.07, 6.45) is 0. The van der Waals surface area contributed by atoms with E-state index in [1.807, 2.05) is 32.0 Å². The molecule has 98 valence electrons. The van der Waals surface area contributed by atoms with E-state index >= 15 is 0 Å². The SMILES string of the molecule is Cc1cccc(C(C)N(N=O)c2ccc(Cl)cc2)n1. The number of aromatic nitrogens is 1. The molecule has 0 fully saturated rings. The lowest BCUT2D eigenvalue weighted by atomic mass is 10.1. The smallest absolute Gasteiger partial charge is 0.0950 e. The normalized spacial score (nSPS) is 11.9. The molecule has 1 aromatic carbocycles. The minimum Gasteiger partial charge on any atom is -0.256 e. The van der Waals surface area contributed by atoms with Crippen LogP contribution in [0, 0.1) is 11.8 Å². The third-order valence-corrected chi connectivity index (χ3v) is 3.14. The van der Waals surface area contributed by atoms with Gasteiger partial charge in [0.25, 0.3) is 0 Å². The zero-order valence-electron chi connectivity index (χ0n) is 10.7. The van der Waals surface area contributed by atoms with Gasteiger partial charge >= 0.3 is 0 Å². The van der Waals surface area contributed by atoms with Crippen molar-refractivity contribution in [3.05, 3.63) is 63.8 Å². The zero-order chi connectivity index (χ0) is 13.8. The third-order valence-electron chi connectivity index (χ3n) is 2.88. The van der Waals surface area contributed by atoms with Crippen LogP contribution >= 0.6 is 11.6 Å². The molecule has 0 bridgehead atoms. The molecule has 0 aliphatic carbocycles. The van der Waals surface area contributed by atoms with Crippen molar-refractivity contribution in [1.29, 1.82) is 0 Å². The molecule has 1 heterocycles. The molecule has 0 saturated carbocycles. The van der Waals surface area contributed by atoms with Gasteiger partial charge in [0.15, 0.2) is 0 Å². The van der Waals surface area contributed by atoms with Crippen LogP contribution in [0.4, 0.5) is 5.69 Å². The van der Waals surface area contributed by atoms with Gasteiger partial charge in [0, 0.05) is 10.7 Å². The number of hydrogen-bond donors (Lipinski definition) is 0. The summed E-state index contributed by atoms with van der Waals surface area (Å²) < 4.78 is 0. The molecule has 0 aliphatic heterocycles. The molecule has 1 aromatic heterocycles. The molecule has 0 radical (unpaired) electrons. The highest BCUT2D eigenvalue weighted by molar-refractivity contribution is 6.30. The minimum absolute atomic E-state index is 0.237. The highest BCUT2D eigenvalue weighted by atomic mass is 35.5. The van der Waals surface area contributed by atoms with Crippen LogP contribution in [0.25, 0.3) is 0 Å². The fourth-order valence-electron chi connectivity index (χ4n) is 1.86. The number of anilines is 1. The summed E-state index contributed by atoms with van der Waals surface area (Å²) in [6.45, 7) is 3.80. The Morgan fingerprint density at radius 1 is 1.21 bits per heavy atom. The number of nitroso groups, excluding NO2 is 1. The molecule has 1 unspecified atom stereocenters. The van der Waals surface area contributed by atoms with Crippen LogP contribution in [0.15, 0.2) is 47.8 Å². The van der Waals surface area contributed by atoms with Crippen LogP contribution in [0.3, 0.4) is 0 Å². The first-order valence-corrected chi connectivity index (χ1v) is 6.31. The quantitative estimate of drug-likeness (QED) is 0.617. The van der Waals surface area contributed by atoms with Crippen molar-refractivity contribution in [3.8, 4) is 0 Å². The second-order valence-corrected chi connectivity index (χ2v) is 4.72. The fraction of sp³-hybridized carbons (Fsp3) is 0.214. The highest BCUT2D eigenvalue weighted by Gasteiger charge is 2.18. The summed E-state index contributed by atoms with van der Waals surface area (Å²) in [5.74, 6) is 0. The molecule has 19 heavy (non-hydrogen) atoms. The van der Waals surface area contributed by atoms with Crippen molar-refractivity contribution in [3.63, 3.8) is 0 Å². The van der Waals surface area contributed by atoms with Crippen LogP contribution in [0.1, 0.15) is 24.4 Å². The predicted octanol–water partition coefficient (Wildman–Crippen LogP) is 4.29. The number of halogens is 1. The standard InChI is InChI=1S/C14H14ClN3O/c1-10-4-3-5-14(16-10)11(2)18(17-19)13-8-6-12(15)7-9-13/h3-9,11H,1-2H3. The third kappa shape index (κ3) is 3.09. The van der Waals surface area contributed by atoms with Gasteiger partial charge in [0.2, 0.25) is 0 Å². The van der Waals surface area contributed by atoms with Gasteiger partial charge in [-0.15, -0.1) is 4.91 Å². The molecule has 1 atom stereocenters. The largest absolute Gasteiger partial charge is 0.256 e. The number of pyridine rings is 1. The summed E-state index contributed by atoms with van der Waals surface area (Å²) >= 11 is 5.84. The lowest BCUT2D eigenvalue weighted by molar-refractivity contribution is 0.672. The van der Waals surface area contributed by atoms with Crippen LogP contribution < -0.4 is 5.01 Å². The van der Waals surface area contributed by atoms with E-state index in [4.69, 9.17) is 11.6 Å². The fourth-order valence-corrected chi connectivity index (χ4v) is 1.98. The van der Waals surface area contributed by atoms with Gasteiger partial charge in [-0.2, -0.15) is 0 Å². The number of rotatable bonds is 4. The number of aryl methyl sites for hydroxylation is 1. The van der Waals surface area contributed by atoms with Crippen LogP contribution in [0.2, 0.25) is 5.02 Å². The summed E-state index contributed by atoms with van der Waals surface area (Å²) in [4.78, 5) is 15.5. The van der Waals surface area contributed by atoms with Gasteiger partial charge in [0.1, 0.15) is 0 Å². The van der Waals surface area contributed by atoms with Gasteiger partial charge in [-0.05, 0) is 50.2 Å². The Labute approximate surface area is 117 Å². The topological polar surface area (TPSA) is 45.6 Å². The van der Waals surface area contributed by atoms with Gasteiger partial charge in [-0.3, -0.25) is 4.98 Å². The number of nitrogens with zero attached hydrogens (tertiary/aromatic N) is 3. The zero-order valence-corrected chi connectivity index (χ0v) is 11.5. The van der Waals surface area contributed by atoms with Crippen molar-refractivity contribution in [2.75, 3.05) is 5.01 Å². The van der Waals surface area contributed by atoms with E-state index in [1.54, 1.807) is 24.3 Å².